The van der Waals surface area contributed by atoms with Crippen LogP contribution in [0.1, 0.15) is 34.6 Å². The Hall–Kier alpha value is -2.31. The predicted molar refractivity (Wildman–Crippen MR) is 92.9 cm³/mol. The summed E-state index contributed by atoms with van der Waals surface area (Å²) in [6.07, 6.45) is 5.38. The van der Waals surface area contributed by atoms with Crippen molar-refractivity contribution in [3.63, 3.8) is 0 Å². The molecule has 2 N–H and O–H groups in total. The highest BCUT2D eigenvalue weighted by Crippen LogP contribution is 2.31. The van der Waals surface area contributed by atoms with Crippen LogP contribution in [-0.4, -0.2) is 40.2 Å². The van der Waals surface area contributed by atoms with Gasteiger partial charge < -0.3 is 15.2 Å². The number of methoxy groups -OCH3 is 1. The molecule has 25 heavy (non-hydrogen) atoms. The first-order chi connectivity index (χ1) is 12.2. The number of aliphatic hydroxyl groups excluding tert-OH is 1. The van der Waals surface area contributed by atoms with E-state index in [4.69, 9.17) is 4.74 Å². The number of hydrogen-bond donors (Lipinski definition) is 2. The number of carbonyl (C=O) groups excluding carboxylic acids is 1. The lowest BCUT2D eigenvalue weighted by Crippen LogP contribution is -2.48. The highest BCUT2D eigenvalue weighted by atomic mass is 16.5. The van der Waals surface area contributed by atoms with Gasteiger partial charge in [0.25, 0.3) is 5.91 Å². The van der Waals surface area contributed by atoms with Gasteiger partial charge in [-0.3, -0.25) is 9.78 Å². The van der Waals surface area contributed by atoms with Crippen molar-refractivity contribution in [3.05, 3.63) is 59.7 Å². The fourth-order valence-corrected chi connectivity index (χ4v) is 3.14. The van der Waals surface area contributed by atoms with E-state index >= 15 is 0 Å². The van der Waals surface area contributed by atoms with E-state index in [2.05, 4.69) is 15.3 Å². The van der Waals surface area contributed by atoms with Crippen LogP contribution in [0.2, 0.25) is 0 Å². The molecule has 1 amide bonds. The Bertz CT molecular complexity index is 702. The van der Waals surface area contributed by atoms with E-state index in [-0.39, 0.29) is 24.0 Å². The third-order valence-electron chi connectivity index (χ3n) is 4.57. The molecule has 1 aliphatic rings. The minimum atomic E-state index is -0.259. The van der Waals surface area contributed by atoms with Crippen LogP contribution in [0.3, 0.4) is 0 Å². The summed E-state index contributed by atoms with van der Waals surface area (Å²) < 4.78 is 5.07. The Labute approximate surface area is 147 Å². The summed E-state index contributed by atoms with van der Waals surface area (Å²) in [6, 6.07) is 9.20. The van der Waals surface area contributed by atoms with Crippen molar-refractivity contribution in [1.82, 2.24) is 15.3 Å². The van der Waals surface area contributed by atoms with Crippen molar-refractivity contribution in [1.29, 1.82) is 0 Å². The molecule has 0 bridgehead atoms. The number of hydrogen-bond acceptors (Lipinski definition) is 5. The summed E-state index contributed by atoms with van der Waals surface area (Å²) in [5.41, 5.74) is 2.22. The molecule has 6 nitrogen and oxygen atoms in total. The smallest absolute Gasteiger partial charge is 0.270 e. The SMILES string of the molecule is COCc1cccc(C(=O)NC(Cc2ccncc2)C2CC(O)C2)n1. The molecular weight excluding hydrogens is 318 g/mol. The maximum Gasteiger partial charge on any atom is 0.270 e. The Morgan fingerprint density at radius 3 is 2.76 bits per heavy atom. The number of carbonyl (C=O) groups is 1. The van der Waals surface area contributed by atoms with Crippen LogP contribution in [0, 0.1) is 5.92 Å². The zero-order chi connectivity index (χ0) is 17.6. The van der Waals surface area contributed by atoms with Crippen molar-refractivity contribution in [2.45, 2.75) is 38.0 Å². The molecule has 1 aliphatic carbocycles. The van der Waals surface area contributed by atoms with E-state index in [1.165, 1.54) is 0 Å². The van der Waals surface area contributed by atoms with Crippen LogP contribution < -0.4 is 5.32 Å². The number of rotatable bonds is 7. The minimum Gasteiger partial charge on any atom is -0.393 e. The Morgan fingerprint density at radius 1 is 1.32 bits per heavy atom. The Kier molecular flexibility index (Phi) is 5.73. The Balaban J connectivity index is 1.70. The largest absolute Gasteiger partial charge is 0.393 e. The van der Waals surface area contributed by atoms with Gasteiger partial charge in [-0.1, -0.05) is 6.07 Å². The van der Waals surface area contributed by atoms with Gasteiger partial charge in [0.05, 0.1) is 18.4 Å². The number of aromatic nitrogens is 2. The second-order valence-electron chi connectivity index (χ2n) is 6.47. The molecule has 0 aromatic carbocycles. The maximum absolute atomic E-state index is 12.6. The van der Waals surface area contributed by atoms with E-state index in [0.717, 1.165) is 11.3 Å². The molecule has 0 spiro atoms. The Morgan fingerprint density at radius 2 is 2.08 bits per heavy atom. The molecule has 132 valence electrons. The normalized spacial score (nSPS) is 20.6. The average Bonchev–Trinajstić information content (AvgIpc) is 2.60. The molecule has 6 heteroatoms. The van der Waals surface area contributed by atoms with Gasteiger partial charge >= 0.3 is 0 Å². The summed E-state index contributed by atoms with van der Waals surface area (Å²) >= 11 is 0. The first-order valence-electron chi connectivity index (χ1n) is 8.48. The van der Waals surface area contributed by atoms with Crippen LogP contribution >= 0.6 is 0 Å². The van der Waals surface area contributed by atoms with Gasteiger partial charge in [-0.2, -0.15) is 0 Å². The lowest BCUT2D eigenvalue weighted by atomic mass is 9.75. The molecule has 2 heterocycles. The van der Waals surface area contributed by atoms with Crippen LogP contribution in [0.4, 0.5) is 0 Å². The lowest BCUT2D eigenvalue weighted by molar-refractivity contribution is 0.0238. The van der Waals surface area contributed by atoms with Crippen molar-refractivity contribution in [2.24, 2.45) is 5.92 Å². The van der Waals surface area contributed by atoms with Crippen molar-refractivity contribution in [2.75, 3.05) is 7.11 Å². The summed E-state index contributed by atoms with van der Waals surface area (Å²) in [5.74, 6) is 0.0765. The van der Waals surface area contributed by atoms with Crippen molar-refractivity contribution < 1.29 is 14.6 Å². The molecule has 1 unspecified atom stereocenters. The number of pyridine rings is 2. The fourth-order valence-electron chi connectivity index (χ4n) is 3.14. The molecular formula is C19H23N3O3. The van der Waals surface area contributed by atoms with Crippen LogP contribution in [0.25, 0.3) is 0 Å². The first kappa shape index (κ1) is 17.5. The second kappa shape index (κ2) is 8.18. The zero-order valence-corrected chi connectivity index (χ0v) is 14.3. The fraction of sp³-hybridized carbons (Fsp3) is 0.421. The highest BCUT2D eigenvalue weighted by Gasteiger charge is 2.35. The molecule has 2 aromatic heterocycles. The summed E-state index contributed by atoms with van der Waals surface area (Å²) in [5, 5.41) is 12.7. The third kappa shape index (κ3) is 4.61. The van der Waals surface area contributed by atoms with Gasteiger partial charge in [-0.25, -0.2) is 4.98 Å². The van der Waals surface area contributed by atoms with E-state index in [0.29, 0.717) is 31.6 Å². The molecule has 0 saturated heterocycles. The monoisotopic (exact) mass is 341 g/mol. The minimum absolute atomic E-state index is 0.0359. The van der Waals surface area contributed by atoms with Gasteiger partial charge in [-0.05, 0) is 55.0 Å². The van der Waals surface area contributed by atoms with Crippen LogP contribution in [0.15, 0.2) is 42.7 Å². The van der Waals surface area contributed by atoms with Crippen LogP contribution in [-0.2, 0) is 17.8 Å². The number of aliphatic hydroxyl groups is 1. The first-order valence-corrected chi connectivity index (χ1v) is 8.48. The van der Waals surface area contributed by atoms with Gasteiger partial charge in [-0.15, -0.1) is 0 Å². The van der Waals surface area contributed by atoms with Gasteiger partial charge in [0.1, 0.15) is 5.69 Å². The van der Waals surface area contributed by atoms with Gasteiger partial charge in [0, 0.05) is 25.5 Å². The van der Waals surface area contributed by atoms with Crippen LogP contribution in [0.5, 0.6) is 0 Å². The van der Waals surface area contributed by atoms with E-state index in [1.54, 1.807) is 31.6 Å². The zero-order valence-electron chi connectivity index (χ0n) is 14.3. The highest BCUT2D eigenvalue weighted by molar-refractivity contribution is 5.92. The lowest BCUT2D eigenvalue weighted by Gasteiger charge is -2.38. The summed E-state index contributed by atoms with van der Waals surface area (Å²) in [4.78, 5) is 21.0. The average molecular weight is 341 g/mol. The molecule has 3 rings (SSSR count). The quantitative estimate of drug-likeness (QED) is 0.801. The number of amides is 1. The predicted octanol–water partition coefficient (Wildman–Crippen LogP) is 1.73. The molecule has 1 saturated carbocycles. The summed E-state index contributed by atoms with van der Waals surface area (Å²) in [6.45, 7) is 0.371. The maximum atomic E-state index is 12.6. The molecule has 0 aliphatic heterocycles. The van der Waals surface area contributed by atoms with Gasteiger partial charge in [0.15, 0.2) is 0 Å². The number of ether oxygens (including phenoxy) is 1. The third-order valence-corrected chi connectivity index (χ3v) is 4.57. The van der Waals surface area contributed by atoms with E-state index in [9.17, 15) is 9.90 Å². The standard InChI is InChI=1S/C19H23N3O3/c1-25-12-15-3-2-4-17(21-15)19(24)22-18(14-10-16(23)11-14)9-13-5-7-20-8-6-13/h2-8,14,16,18,23H,9-12H2,1H3,(H,22,24). The van der Waals surface area contributed by atoms with Gasteiger partial charge in [0.2, 0.25) is 0 Å². The van der Waals surface area contributed by atoms with Crippen molar-refractivity contribution >= 4 is 5.91 Å². The van der Waals surface area contributed by atoms with E-state index < -0.39 is 0 Å². The molecule has 1 atom stereocenters. The topological polar surface area (TPSA) is 84.3 Å². The van der Waals surface area contributed by atoms with E-state index in [1.807, 2.05) is 18.2 Å². The molecule has 0 radical (unpaired) electrons. The van der Waals surface area contributed by atoms with Crippen molar-refractivity contribution in [3.8, 4) is 0 Å². The molecule has 1 fully saturated rings. The summed E-state index contributed by atoms with van der Waals surface area (Å²) in [7, 11) is 1.60. The number of nitrogens with one attached hydrogen (secondary N) is 1. The second-order valence-corrected chi connectivity index (χ2v) is 6.47. The number of nitrogens with zero attached hydrogens (tertiary/aromatic N) is 2. The molecule has 2 aromatic rings.